The minimum Gasteiger partial charge on any atom is -0.480 e. The van der Waals surface area contributed by atoms with Gasteiger partial charge in [-0.3, -0.25) is 4.79 Å². The summed E-state index contributed by atoms with van der Waals surface area (Å²) in [4.78, 5) is 10.3. The third kappa shape index (κ3) is 5.60. The second-order valence-electron chi connectivity index (χ2n) is 3.07. The molecule has 0 spiro atoms. The highest BCUT2D eigenvalue weighted by molar-refractivity contribution is 7.92. The van der Waals surface area contributed by atoms with E-state index in [0.717, 1.165) is 6.92 Å². The van der Waals surface area contributed by atoms with Crippen LogP contribution in [-0.4, -0.2) is 36.7 Å². The molecule has 0 aliphatic heterocycles. The lowest BCUT2D eigenvalue weighted by Gasteiger charge is -2.09. The summed E-state index contributed by atoms with van der Waals surface area (Å²) in [6, 6.07) is 0. The minimum atomic E-state index is -4.41. The first kappa shape index (κ1) is 14.2. The largest absolute Gasteiger partial charge is 0.480 e. The molecule has 1 atom stereocenters. The zero-order valence-corrected chi connectivity index (χ0v) is 8.73. The molecule has 0 aromatic carbocycles. The van der Waals surface area contributed by atoms with Gasteiger partial charge in [0.15, 0.2) is 15.1 Å². The average Bonchev–Trinajstić information content (AvgIpc) is 1.99. The number of hydrogen-bond donors (Lipinski definition) is 1. The van der Waals surface area contributed by atoms with Crippen molar-refractivity contribution >= 4 is 15.8 Å². The fourth-order valence-electron chi connectivity index (χ4n) is 0.804. The van der Waals surface area contributed by atoms with Crippen molar-refractivity contribution in [1.82, 2.24) is 0 Å². The Kier molecular flexibility index (Phi) is 4.57. The van der Waals surface area contributed by atoms with Gasteiger partial charge in [0, 0.05) is 6.42 Å². The van der Waals surface area contributed by atoms with Gasteiger partial charge in [-0.05, 0) is 13.3 Å². The summed E-state index contributed by atoms with van der Waals surface area (Å²) in [6.45, 7) is 0.936. The normalized spacial score (nSPS) is 14.9. The van der Waals surface area contributed by atoms with E-state index in [1.807, 2.05) is 0 Å². The van der Waals surface area contributed by atoms with E-state index in [0.29, 0.717) is 0 Å². The highest BCUT2D eigenvalue weighted by Gasteiger charge is 2.31. The van der Waals surface area contributed by atoms with Gasteiger partial charge in [-0.15, -0.1) is 0 Å². The number of carbonyl (C=O) groups is 1. The first-order valence-electron chi connectivity index (χ1n) is 4.07. The molecule has 0 rings (SSSR count). The zero-order chi connectivity index (χ0) is 12.3. The average molecular weight is 248 g/mol. The Morgan fingerprint density at radius 1 is 1.40 bits per heavy atom. The summed E-state index contributed by atoms with van der Waals surface area (Å²) >= 11 is 0. The molecule has 0 saturated carbocycles. The molecule has 0 aliphatic carbocycles. The van der Waals surface area contributed by atoms with Crippen LogP contribution in [0.4, 0.5) is 13.2 Å². The van der Waals surface area contributed by atoms with Crippen LogP contribution in [0.5, 0.6) is 0 Å². The summed E-state index contributed by atoms with van der Waals surface area (Å²) in [5.74, 6) is -2.32. The Morgan fingerprint density at radius 2 is 1.87 bits per heavy atom. The quantitative estimate of drug-likeness (QED) is 0.794. The molecular formula is C7H11F3O4S. The van der Waals surface area contributed by atoms with Gasteiger partial charge in [-0.1, -0.05) is 0 Å². The molecule has 15 heavy (non-hydrogen) atoms. The predicted octanol–water partition coefficient (Wildman–Crippen LogP) is 1.22. The van der Waals surface area contributed by atoms with Gasteiger partial charge in [-0.2, -0.15) is 13.2 Å². The Bertz CT molecular complexity index is 320. The van der Waals surface area contributed by atoms with Crippen LogP contribution in [0.2, 0.25) is 0 Å². The number of alkyl halides is 3. The second kappa shape index (κ2) is 4.82. The molecule has 0 bridgehead atoms. The zero-order valence-electron chi connectivity index (χ0n) is 7.91. The van der Waals surface area contributed by atoms with E-state index >= 15 is 0 Å². The standard InChI is InChI=1S/C7H11F3O4S/c1-5(6(11)12)15(13,14)4-2-3-7(8,9)10/h5H,2-4H2,1H3,(H,11,12). The van der Waals surface area contributed by atoms with Gasteiger partial charge >= 0.3 is 12.1 Å². The van der Waals surface area contributed by atoms with Crippen LogP contribution in [-0.2, 0) is 14.6 Å². The highest BCUT2D eigenvalue weighted by atomic mass is 32.2. The number of halogens is 3. The molecule has 0 fully saturated rings. The lowest BCUT2D eigenvalue weighted by Crippen LogP contribution is -2.29. The van der Waals surface area contributed by atoms with Crippen molar-refractivity contribution in [2.45, 2.75) is 31.2 Å². The van der Waals surface area contributed by atoms with E-state index < -0.39 is 45.8 Å². The molecule has 0 aromatic heterocycles. The minimum absolute atomic E-state index is 0.608. The van der Waals surface area contributed by atoms with E-state index in [2.05, 4.69) is 0 Å². The first-order chi connectivity index (χ1) is 6.56. The van der Waals surface area contributed by atoms with Gasteiger partial charge in [0.1, 0.15) is 0 Å². The molecule has 0 radical (unpaired) electrons. The van der Waals surface area contributed by atoms with Gasteiger partial charge in [-0.25, -0.2) is 8.42 Å². The summed E-state index contributed by atoms with van der Waals surface area (Å²) in [6.07, 6.45) is -6.25. The Balaban J connectivity index is 4.24. The number of rotatable bonds is 5. The predicted molar refractivity (Wildman–Crippen MR) is 46.2 cm³/mol. The summed E-state index contributed by atoms with van der Waals surface area (Å²) in [5, 5.41) is 6.71. The molecule has 0 aliphatic rings. The number of carboxylic acid groups (broad SMARTS) is 1. The number of sulfone groups is 1. The van der Waals surface area contributed by atoms with E-state index in [1.54, 1.807) is 0 Å². The van der Waals surface area contributed by atoms with Gasteiger partial charge < -0.3 is 5.11 Å². The van der Waals surface area contributed by atoms with Gasteiger partial charge in [0.25, 0.3) is 0 Å². The maximum absolute atomic E-state index is 11.7. The van der Waals surface area contributed by atoms with Crippen molar-refractivity contribution in [3.8, 4) is 0 Å². The summed E-state index contributed by atoms with van der Waals surface area (Å²) in [7, 11) is -3.98. The maximum Gasteiger partial charge on any atom is 0.389 e. The molecular weight excluding hydrogens is 237 g/mol. The van der Waals surface area contributed by atoms with Crippen LogP contribution in [0.3, 0.4) is 0 Å². The van der Waals surface area contributed by atoms with Crippen molar-refractivity contribution in [2.75, 3.05) is 5.75 Å². The maximum atomic E-state index is 11.7. The van der Waals surface area contributed by atoms with Crippen LogP contribution in [0, 0.1) is 0 Å². The SMILES string of the molecule is CC(C(=O)O)S(=O)(=O)CCCC(F)(F)F. The molecule has 0 saturated heterocycles. The molecule has 90 valence electrons. The Hall–Kier alpha value is -0.790. The molecule has 0 heterocycles. The summed E-state index contributed by atoms with van der Waals surface area (Å²) in [5.41, 5.74) is 0. The van der Waals surface area contributed by atoms with Crippen molar-refractivity contribution in [3.63, 3.8) is 0 Å². The van der Waals surface area contributed by atoms with Crippen LogP contribution >= 0.6 is 0 Å². The van der Waals surface area contributed by atoms with E-state index in [9.17, 15) is 26.4 Å². The molecule has 8 heteroatoms. The fourth-order valence-corrected chi connectivity index (χ4v) is 2.01. The van der Waals surface area contributed by atoms with Crippen LogP contribution in [0.1, 0.15) is 19.8 Å². The third-order valence-corrected chi connectivity index (χ3v) is 3.91. The smallest absolute Gasteiger partial charge is 0.389 e. The van der Waals surface area contributed by atoms with E-state index in [4.69, 9.17) is 5.11 Å². The molecule has 0 aromatic rings. The molecule has 1 unspecified atom stereocenters. The Morgan fingerprint density at radius 3 is 2.20 bits per heavy atom. The fraction of sp³-hybridized carbons (Fsp3) is 0.857. The first-order valence-corrected chi connectivity index (χ1v) is 5.79. The number of aliphatic carboxylic acids is 1. The number of hydrogen-bond acceptors (Lipinski definition) is 3. The lowest BCUT2D eigenvalue weighted by atomic mass is 10.3. The van der Waals surface area contributed by atoms with Crippen LogP contribution in [0.25, 0.3) is 0 Å². The third-order valence-electron chi connectivity index (χ3n) is 1.78. The summed E-state index contributed by atoms with van der Waals surface area (Å²) < 4.78 is 57.3. The van der Waals surface area contributed by atoms with Crippen molar-refractivity contribution in [1.29, 1.82) is 0 Å². The topological polar surface area (TPSA) is 71.4 Å². The molecule has 0 amide bonds. The lowest BCUT2D eigenvalue weighted by molar-refractivity contribution is -0.136. The van der Waals surface area contributed by atoms with E-state index in [1.165, 1.54) is 0 Å². The van der Waals surface area contributed by atoms with Crippen LogP contribution in [0.15, 0.2) is 0 Å². The van der Waals surface area contributed by atoms with Gasteiger partial charge in [0.05, 0.1) is 5.75 Å². The number of carboxylic acids is 1. The molecule has 4 nitrogen and oxygen atoms in total. The van der Waals surface area contributed by atoms with Crippen molar-refractivity contribution in [2.24, 2.45) is 0 Å². The highest BCUT2D eigenvalue weighted by Crippen LogP contribution is 2.22. The van der Waals surface area contributed by atoms with E-state index in [-0.39, 0.29) is 0 Å². The van der Waals surface area contributed by atoms with Gasteiger partial charge in [0.2, 0.25) is 0 Å². The Labute approximate surface area is 85.0 Å². The van der Waals surface area contributed by atoms with Crippen molar-refractivity contribution in [3.05, 3.63) is 0 Å². The molecule has 1 N–H and O–H groups in total. The van der Waals surface area contributed by atoms with Crippen LogP contribution < -0.4 is 0 Å². The van der Waals surface area contributed by atoms with Crippen molar-refractivity contribution < 1.29 is 31.5 Å². The second-order valence-corrected chi connectivity index (χ2v) is 5.51. The monoisotopic (exact) mass is 248 g/mol.